The van der Waals surface area contributed by atoms with E-state index in [1.807, 2.05) is 6.92 Å². The van der Waals surface area contributed by atoms with Crippen molar-refractivity contribution in [3.8, 4) is 0 Å². The molecule has 0 spiro atoms. The van der Waals surface area contributed by atoms with Crippen molar-refractivity contribution in [2.24, 2.45) is 17.3 Å². The summed E-state index contributed by atoms with van der Waals surface area (Å²) < 4.78 is 0. The average molecular weight is 180 g/mol. The van der Waals surface area contributed by atoms with E-state index in [2.05, 4.69) is 12.2 Å². The number of rotatable bonds is 2. The van der Waals surface area contributed by atoms with Crippen molar-refractivity contribution < 1.29 is 9.90 Å². The highest BCUT2D eigenvalue weighted by molar-refractivity contribution is 5.71. The first-order valence-corrected chi connectivity index (χ1v) is 5.07. The van der Waals surface area contributed by atoms with Gasteiger partial charge in [-0.05, 0) is 25.2 Å². The Labute approximate surface area is 78.6 Å². The lowest BCUT2D eigenvalue weighted by atomic mass is 9.71. The molecule has 2 nitrogen and oxygen atoms in total. The van der Waals surface area contributed by atoms with Gasteiger partial charge >= 0.3 is 5.97 Å². The van der Waals surface area contributed by atoms with Crippen LogP contribution in [0.4, 0.5) is 0 Å². The molecule has 2 aliphatic carbocycles. The van der Waals surface area contributed by atoms with Gasteiger partial charge in [-0.15, -0.1) is 0 Å². The van der Waals surface area contributed by atoms with Crippen molar-refractivity contribution in [1.29, 1.82) is 0 Å². The van der Waals surface area contributed by atoms with Crippen LogP contribution in [0.25, 0.3) is 0 Å². The van der Waals surface area contributed by atoms with Gasteiger partial charge in [-0.25, -0.2) is 0 Å². The number of hydrogen-bond donors (Lipinski definition) is 1. The van der Waals surface area contributed by atoms with E-state index in [0.717, 1.165) is 12.8 Å². The normalized spacial score (nSPS) is 39.0. The molecule has 2 aliphatic rings. The number of aliphatic carboxylic acids is 1. The second-order valence-electron chi connectivity index (χ2n) is 4.40. The number of carbonyl (C=O) groups is 1. The molecule has 0 aliphatic heterocycles. The van der Waals surface area contributed by atoms with Gasteiger partial charge in [-0.3, -0.25) is 4.79 Å². The molecule has 2 rings (SSSR count). The molecule has 0 amide bonds. The Morgan fingerprint density at radius 1 is 1.69 bits per heavy atom. The summed E-state index contributed by atoms with van der Waals surface area (Å²) in [5, 5.41) is 9.05. The summed E-state index contributed by atoms with van der Waals surface area (Å²) in [5.41, 5.74) is 0.00579. The Hall–Kier alpha value is -0.790. The number of carboxylic acid groups (broad SMARTS) is 1. The van der Waals surface area contributed by atoms with Crippen molar-refractivity contribution in [3.05, 3.63) is 12.2 Å². The molecule has 0 aromatic heterocycles. The average Bonchev–Trinajstić information content (AvgIpc) is 2.59. The summed E-state index contributed by atoms with van der Waals surface area (Å²) in [7, 11) is 0. The van der Waals surface area contributed by atoms with Crippen LogP contribution in [0.15, 0.2) is 12.2 Å². The first kappa shape index (κ1) is 8.79. The van der Waals surface area contributed by atoms with E-state index in [1.54, 1.807) is 0 Å². The van der Waals surface area contributed by atoms with Crippen LogP contribution in [0.5, 0.6) is 0 Å². The molecule has 0 bridgehead atoms. The Bertz CT molecular complexity index is 257. The fourth-order valence-corrected chi connectivity index (χ4v) is 3.08. The van der Waals surface area contributed by atoms with Gasteiger partial charge in [0.2, 0.25) is 0 Å². The number of fused-ring (bicyclic) bond motifs is 1. The third-order valence-electron chi connectivity index (χ3n) is 3.95. The largest absolute Gasteiger partial charge is 0.481 e. The molecular formula is C11H16O2. The number of hydrogen-bond acceptors (Lipinski definition) is 1. The molecule has 0 saturated heterocycles. The van der Waals surface area contributed by atoms with Crippen LogP contribution in [-0.4, -0.2) is 11.1 Å². The molecule has 3 atom stereocenters. The van der Waals surface area contributed by atoms with Gasteiger partial charge in [0.1, 0.15) is 0 Å². The summed E-state index contributed by atoms with van der Waals surface area (Å²) in [5.74, 6) is -0.240. The van der Waals surface area contributed by atoms with Gasteiger partial charge in [-0.2, -0.15) is 0 Å². The van der Waals surface area contributed by atoms with Crippen molar-refractivity contribution >= 4 is 5.97 Å². The van der Waals surface area contributed by atoms with E-state index in [0.29, 0.717) is 5.92 Å². The molecule has 0 radical (unpaired) electrons. The van der Waals surface area contributed by atoms with Crippen LogP contribution >= 0.6 is 0 Å². The summed E-state index contributed by atoms with van der Waals surface area (Å²) in [6, 6.07) is 0. The van der Waals surface area contributed by atoms with Crippen LogP contribution in [0.3, 0.4) is 0 Å². The van der Waals surface area contributed by atoms with Gasteiger partial charge < -0.3 is 5.11 Å². The highest BCUT2D eigenvalue weighted by Crippen LogP contribution is 2.54. The van der Waals surface area contributed by atoms with E-state index in [9.17, 15) is 4.79 Å². The van der Waals surface area contributed by atoms with Gasteiger partial charge in [-0.1, -0.05) is 25.5 Å². The zero-order chi connectivity index (χ0) is 9.47. The second kappa shape index (κ2) is 2.86. The number of carboxylic acids is 1. The molecule has 3 unspecified atom stereocenters. The zero-order valence-electron chi connectivity index (χ0n) is 7.99. The molecule has 0 aromatic rings. The highest BCUT2D eigenvalue weighted by Gasteiger charge is 2.49. The third kappa shape index (κ3) is 1.11. The first-order valence-electron chi connectivity index (χ1n) is 5.07. The molecule has 1 N–H and O–H groups in total. The summed E-state index contributed by atoms with van der Waals surface area (Å²) >= 11 is 0. The SMILES string of the molecule is CC(C(=O)O)C12C=CCC1CCC2. The van der Waals surface area contributed by atoms with E-state index in [1.165, 1.54) is 12.8 Å². The maximum Gasteiger partial charge on any atom is 0.307 e. The van der Waals surface area contributed by atoms with Crippen molar-refractivity contribution in [3.63, 3.8) is 0 Å². The minimum absolute atomic E-state index is 0.00579. The fraction of sp³-hybridized carbons (Fsp3) is 0.727. The summed E-state index contributed by atoms with van der Waals surface area (Å²) in [4.78, 5) is 11.0. The van der Waals surface area contributed by atoms with Crippen LogP contribution in [0, 0.1) is 17.3 Å². The van der Waals surface area contributed by atoms with E-state index < -0.39 is 5.97 Å². The van der Waals surface area contributed by atoms with Crippen molar-refractivity contribution in [1.82, 2.24) is 0 Å². The molecule has 1 saturated carbocycles. The first-order chi connectivity index (χ1) is 6.17. The van der Waals surface area contributed by atoms with Gasteiger partial charge in [0, 0.05) is 5.41 Å². The Morgan fingerprint density at radius 2 is 2.46 bits per heavy atom. The fourth-order valence-electron chi connectivity index (χ4n) is 3.08. The monoisotopic (exact) mass is 180 g/mol. The Morgan fingerprint density at radius 3 is 3.15 bits per heavy atom. The molecule has 13 heavy (non-hydrogen) atoms. The quantitative estimate of drug-likeness (QED) is 0.663. The minimum atomic E-state index is -0.640. The lowest BCUT2D eigenvalue weighted by Crippen LogP contribution is -2.33. The molecule has 0 heterocycles. The van der Waals surface area contributed by atoms with Gasteiger partial charge in [0.05, 0.1) is 5.92 Å². The van der Waals surface area contributed by atoms with Crippen LogP contribution < -0.4 is 0 Å². The predicted molar refractivity (Wildman–Crippen MR) is 50.3 cm³/mol. The molecule has 72 valence electrons. The Balaban J connectivity index is 2.27. The van der Waals surface area contributed by atoms with E-state index >= 15 is 0 Å². The summed E-state index contributed by atoms with van der Waals surface area (Å²) in [6.07, 6.45) is 8.92. The maximum absolute atomic E-state index is 11.0. The molecular weight excluding hydrogens is 164 g/mol. The summed E-state index contributed by atoms with van der Waals surface area (Å²) in [6.45, 7) is 1.86. The topological polar surface area (TPSA) is 37.3 Å². The smallest absolute Gasteiger partial charge is 0.307 e. The van der Waals surface area contributed by atoms with Crippen molar-refractivity contribution in [2.45, 2.75) is 32.6 Å². The van der Waals surface area contributed by atoms with E-state index in [-0.39, 0.29) is 11.3 Å². The standard InChI is InChI=1S/C11H16O2/c1-8(10(12)13)11-6-2-4-9(11)5-3-7-11/h2,6,8-9H,3-5,7H2,1H3,(H,12,13). The predicted octanol–water partition coefficient (Wildman–Crippen LogP) is 2.45. The van der Waals surface area contributed by atoms with Gasteiger partial charge in [0.15, 0.2) is 0 Å². The zero-order valence-corrected chi connectivity index (χ0v) is 7.99. The second-order valence-corrected chi connectivity index (χ2v) is 4.40. The van der Waals surface area contributed by atoms with Crippen LogP contribution in [-0.2, 0) is 4.79 Å². The lowest BCUT2D eigenvalue weighted by Gasteiger charge is -2.32. The highest BCUT2D eigenvalue weighted by atomic mass is 16.4. The molecule has 0 aromatic carbocycles. The maximum atomic E-state index is 11.0. The van der Waals surface area contributed by atoms with Gasteiger partial charge in [0.25, 0.3) is 0 Å². The van der Waals surface area contributed by atoms with E-state index in [4.69, 9.17) is 5.11 Å². The third-order valence-corrected chi connectivity index (χ3v) is 3.95. The lowest BCUT2D eigenvalue weighted by molar-refractivity contribution is -0.145. The minimum Gasteiger partial charge on any atom is -0.481 e. The number of allylic oxidation sites excluding steroid dienone is 2. The van der Waals surface area contributed by atoms with Crippen LogP contribution in [0.2, 0.25) is 0 Å². The molecule has 2 heteroatoms. The molecule has 1 fully saturated rings. The van der Waals surface area contributed by atoms with Crippen molar-refractivity contribution in [2.75, 3.05) is 0 Å². The Kier molecular flexibility index (Phi) is 1.94. The van der Waals surface area contributed by atoms with Crippen LogP contribution in [0.1, 0.15) is 32.6 Å².